The lowest BCUT2D eigenvalue weighted by atomic mass is 10.1. The van der Waals surface area contributed by atoms with E-state index >= 15 is 0 Å². The molecule has 5 atom stereocenters. The Morgan fingerprint density at radius 3 is 2.07 bits per heavy atom. The zero-order valence-electron chi connectivity index (χ0n) is 23.1. The molecule has 3 aromatic rings. The smallest absolute Gasteiger partial charge is 0.431 e. The van der Waals surface area contributed by atoms with E-state index in [1.807, 2.05) is 12.1 Å². The number of nitriles is 2. The van der Waals surface area contributed by atoms with Crippen LogP contribution < -0.4 is 11.2 Å². The van der Waals surface area contributed by atoms with Gasteiger partial charge in [0, 0.05) is 18.2 Å². The monoisotopic (exact) mass is 588 g/mol. The summed E-state index contributed by atoms with van der Waals surface area (Å²) in [5.41, 5.74) is 0.122. The lowest BCUT2D eigenvalue weighted by Crippen LogP contribution is -2.34. The highest BCUT2D eigenvalue weighted by Gasteiger charge is 2.41. The zero-order chi connectivity index (χ0) is 30.8. The van der Waals surface area contributed by atoms with Gasteiger partial charge in [0.2, 0.25) is 0 Å². The summed E-state index contributed by atoms with van der Waals surface area (Å²) < 4.78 is 28.6. The van der Waals surface area contributed by atoms with E-state index in [4.69, 9.17) is 28.9 Å². The summed E-state index contributed by atoms with van der Waals surface area (Å²) in [5.74, 6) is 0. The molecule has 1 aromatic heterocycles. The van der Waals surface area contributed by atoms with Crippen LogP contribution in [0.15, 0.2) is 76.4 Å². The van der Waals surface area contributed by atoms with E-state index in [2.05, 4.69) is 4.98 Å². The second-order valence-electron chi connectivity index (χ2n) is 9.57. The molecule has 222 valence electrons. The van der Waals surface area contributed by atoms with Crippen molar-refractivity contribution < 1.29 is 33.3 Å². The van der Waals surface area contributed by atoms with Crippen LogP contribution in [0, 0.1) is 29.6 Å². The number of aromatic amines is 1. The Kier molecular flexibility index (Phi) is 10.3. The van der Waals surface area contributed by atoms with Crippen molar-refractivity contribution in [1.82, 2.24) is 9.55 Å². The number of nitrogens with zero attached hydrogens (tertiary/aromatic N) is 3. The molecule has 0 spiro atoms. The van der Waals surface area contributed by atoms with E-state index in [-0.39, 0.29) is 24.8 Å². The molecule has 1 fully saturated rings. The number of hydrogen-bond donors (Lipinski definition) is 1. The lowest BCUT2D eigenvalue weighted by molar-refractivity contribution is -0.0742. The molecule has 1 aliphatic heterocycles. The Bertz CT molecular complexity index is 1610. The van der Waals surface area contributed by atoms with E-state index in [0.29, 0.717) is 11.1 Å². The first-order chi connectivity index (χ1) is 20.8. The minimum Gasteiger partial charge on any atom is -0.431 e. The molecule has 1 N–H and O–H groups in total. The second-order valence-corrected chi connectivity index (χ2v) is 9.57. The predicted octanol–water partition coefficient (Wildman–Crippen LogP) is 4.12. The van der Waals surface area contributed by atoms with Crippen molar-refractivity contribution in [2.75, 3.05) is 6.61 Å². The fourth-order valence-electron chi connectivity index (χ4n) is 4.47. The van der Waals surface area contributed by atoms with Crippen LogP contribution in [0.25, 0.3) is 0 Å². The molecule has 0 amide bonds. The number of hydrogen-bond acceptors (Lipinski definition) is 11. The van der Waals surface area contributed by atoms with Crippen LogP contribution in [0.1, 0.15) is 54.4 Å². The van der Waals surface area contributed by atoms with Gasteiger partial charge >= 0.3 is 18.0 Å². The second kappa shape index (κ2) is 14.5. The molecule has 0 bridgehead atoms. The number of aromatic nitrogens is 2. The average Bonchev–Trinajstić information content (AvgIpc) is 3.40. The third-order valence-electron chi connectivity index (χ3n) is 6.62. The Morgan fingerprint density at radius 2 is 1.51 bits per heavy atom. The molecule has 2 unspecified atom stereocenters. The van der Waals surface area contributed by atoms with E-state index in [9.17, 15) is 24.4 Å². The fraction of sp³-hybridized carbons (Fsp3) is 0.333. The standard InChI is InChI=1S/C30H28N4O9/c1-19-17-34(28(36)33-27(19)35)26-16-24(43-30(38)42-23(13-15-32)21-10-6-3-7-11-21)25(40-26)18-39-29(37)41-22(12-14-31)20-8-4-2-5-9-20/h2-11,17,22-26H,12-13,16,18H2,1H3,(H,33,35,36)/t22?,23?,24-,25+,26+/m0/s1. The Balaban J connectivity index is 1.48. The molecular formula is C30H28N4O9. The van der Waals surface area contributed by atoms with Gasteiger partial charge in [0.15, 0.2) is 0 Å². The van der Waals surface area contributed by atoms with Crippen LogP contribution in [0.4, 0.5) is 9.59 Å². The Hall–Kier alpha value is -5.40. The van der Waals surface area contributed by atoms with Gasteiger partial charge in [0.05, 0.1) is 25.0 Å². The molecule has 0 saturated carbocycles. The van der Waals surface area contributed by atoms with Crippen molar-refractivity contribution in [3.05, 3.63) is 104 Å². The van der Waals surface area contributed by atoms with Gasteiger partial charge < -0.3 is 23.7 Å². The van der Waals surface area contributed by atoms with Crippen molar-refractivity contribution in [1.29, 1.82) is 10.5 Å². The molecule has 0 radical (unpaired) electrons. The van der Waals surface area contributed by atoms with Gasteiger partial charge in [0.25, 0.3) is 5.56 Å². The molecule has 0 aliphatic carbocycles. The van der Waals surface area contributed by atoms with Gasteiger partial charge in [-0.1, -0.05) is 60.7 Å². The molecule has 2 aromatic carbocycles. The Labute approximate surface area is 245 Å². The number of aryl methyl sites for hydroxylation is 1. The number of ether oxygens (including phenoxy) is 5. The molecule has 13 nitrogen and oxygen atoms in total. The van der Waals surface area contributed by atoms with Gasteiger partial charge in [0.1, 0.15) is 37.3 Å². The third-order valence-corrected chi connectivity index (χ3v) is 6.62. The maximum atomic E-state index is 12.8. The van der Waals surface area contributed by atoms with Gasteiger partial charge in [-0.2, -0.15) is 10.5 Å². The number of H-pyrrole nitrogens is 1. The van der Waals surface area contributed by atoms with Gasteiger partial charge in [-0.05, 0) is 18.1 Å². The normalized spacial score (nSPS) is 18.8. The highest BCUT2D eigenvalue weighted by molar-refractivity contribution is 5.61. The molecular weight excluding hydrogens is 560 g/mol. The van der Waals surface area contributed by atoms with Crippen LogP contribution >= 0.6 is 0 Å². The van der Waals surface area contributed by atoms with Gasteiger partial charge in [-0.15, -0.1) is 0 Å². The molecule has 1 aliphatic rings. The summed E-state index contributed by atoms with van der Waals surface area (Å²) in [6.07, 6.45) is -6.09. The number of nitrogens with one attached hydrogen (secondary N) is 1. The van der Waals surface area contributed by atoms with Crippen molar-refractivity contribution in [3.63, 3.8) is 0 Å². The highest BCUT2D eigenvalue weighted by atomic mass is 16.8. The van der Waals surface area contributed by atoms with E-state index < -0.39 is 60.8 Å². The number of rotatable bonds is 10. The lowest BCUT2D eigenvalue weighted by Gasteiger charge is -2.21. The predicted molar refractivity (Wildman–Crippen MR) is 147 cm³/mol. The highest BCUT2D eigenvalue weighted by Crippen LogP contribution is 2.32. The summed E-state index contributed by atoms with van der Waals surface area (Å²) in [6.45, 7) is 1.06. The summed E-state index contributed by atoms with van der Waals surface area (Å²) in [5, 5.41) is 18.4. The van der Waals surface area contributed by atoms with Crippen LogP contribution in [-0.2, 0) is 23.7 Å². The fourth-order valence-corrected chi connectivity index (χ4v) is 4.47. The summed E-state index contributed by atoms with van der Waals surface area (Å²) >= 11 is 0. The van der Waals surface area contributed by atoms with Crippen molar-refractivity contribution in [2.24, 2.45) is 0 Å². The average molecular weight is 589 g/mol. The first kappa shape index (κ1) is 30.6. The summed E-state index contributed by atoms with van der Waals surface area (Å²) in [6, 6.07) is 21.2. The van der Waals surface area contributed by atoms with Crippen molar-refractivity contribution in [3.8, 4) is 12.1 Å². The van der Waals surface area contributed by atoms with Gasteiger partial charge in [-0.3, -0.25) is 14.3 Å². The first-order valence-corrected chi connectivity index (χ1v) is 13.3. The molecule has 2 heterocycles. The maximum absolute atomic E-state index is 12.8. The number of carbonyl (C=O) groups is 2. The molecule has 1 saturated heterocycles. The van der Waals surface area contributed by atoms with Crippen LogP contribution in [0.5, 0.6) is 0 Å². The number of benzene rings is 2. The summed E-state index contributed by atoms with van der Waals surface area (Å²) in [7, 11) is 0. The maximum Gasteiger partial charge on any atom is 0.509 e. The van der Waals surface area contributed by atoms with Crippen molar-refractivity contribution in [2.45, 2.75) is 56.8 Å². The number of carbonyl (C=O) groups excluding carboxylic acids is 2. The van der Waals surface area contributed by atoms with Crippen LogP contribution in [-0.4, -0.2) is 40.7 Å². The minimum atomic E-state index is -1.10. The van der Waals surface area contributed by atoms with Crippen LogP contribution in [0.3, 0.4) is 0 Å². The molecule has 13 heteroatoms. The van der Waals surface area contributed by atoms with E-state index in [0.717, 1.165) is 4.57 Å². The van der Waals surface area contributed by atoms with Gasteiger partial charge in [-0.25, -0.2) is 14.4 Å². The van der Waals surface area contributed by atoms with E-state index in [1.165, 1.54) is 13.1 Å². The van der Waals surface area contributed by atoms with Crippen molar-refractivity contribution >= 4 is 12.3 Å². The largest absolute Gasteiger partial charge is 0.509 e. The van der Waals surface area contributed by atoms with Crippen LogP contribution in [0.2, 0.25) is 0 Å². The SMILES string of the molecule is Cc1cn([C@H]2C[C@H](OC(=O)OC(CC#N)c3ccccc3)[C@@H](COC(=O)OC(CC#N)c3ccccc3)O2)c(=O)[nH]c1=O. The topological polar surface area (TPSA) is 183 Å². The quantitative estimate of drug-likeness (QED) is 0.336. The summed E-state index contributed by atoms with van der Waals surface area (Å²) in [4.78, 5) is 52.0. The first-order valence-electron chi connectivity index (χ1n) is 13.3. The molecule has 4 rings (SSSR count). The van der Waals surface area contributed by atoms with E-state index in [1.54, 1.807) is 60.7 Å². The molecule has 43 heavy (non-hydrogen) atoms. The zero-order valence-corrected chi connectivity index (χ0v) is 23.1. The Morgan fingerprint density at radius 1 is 0.953 bits per heavy atom. The third kappa shape index (κ3) is 8.09. The minimum absolute atomic E-state index is 0.0567.